The van der Waals surface area contributed by atoms with E-state index in [4.69, 9.17) is 0 Å². The van der Waals surface area contributed by atoms with Crippen molar-refractivity contribution in [2.45, 2.75) is 6.92 Å². The van der Waals surface area contributed by atoms with E-state index in [1.165, 1.54) is 6.07 Å². The van der Waals surface area contributed by atoms with Crippen molar-refractivity contribution in [2.75, 3.05) is 0 Å². The van der Waals surface area contributed by atoms with Crippen LogP contribution in [0.1, 0.15) is 5.56 Å². The van der Waals surface area contributed by atoms with Gasteiger partial charge >= 0.3 is 0 Å². The highest BCUT2D eigenvalue weighted by atomic mass is 16.3. The van der Waals surface area contributed by atoms with E-state index in [0.29, 0.717) is 5.56 Å². The summed E-state index contributed by atoms with van der Waals surface area (Å²) >= 11 is 0. The molecule has 0 spiro atoms. The number of rotatable bonds is 2. The van der Waals surface area contributed by atoms with Crippen LogP contribution in [-0.2, 0) is 0 Å². The average molecular weight is 277 g/mol. The number of aryl methyl sites for hydroxylation is 1. The van der Waals surface area contributed by atoms with Crippen LogP contribution in [0.4, 0.5) is 0 Å². The molecule has 1 heterocycles. The molecule has 1 N–H and O–H groups in total. The zero-order valence-corrected chi connectivity index (χ0v) is 11.7. The fraction of sp³-hybridized carbons (Fsp3) is 0.0556. The van der Waals surface area contributed by atoms with Gasteiger partial charge in [0.25, 0.3) is 5.56 Å². The third-order valence-corrected chi connectivity index (χ3v) is 3.41. The summed E-state index contributed by atoms with van der Waals surface area (Å²) in [6.07, 6.45) is 1.76. The van der Waals surface area contributed by atoms with Crippen LogP contribution in [-0.4, -0.2) is 9.67 Å². The number of aromatic nitrogens is 1. The molecule has 0 bridgehead atoms. The van der Waals surface area contributed by atoms with Gasteiger partial charge in [0.15, 0.2) is 0 Å². The van der Waals surface area contributed by atoms with E-state index in [1.807, 2.05) is 43.3 Å². The normalized spacial score (nSPS) is 10.5. The van der Waals surface area contributed by atoms with Gasteiger partial charge in [-0.1, -0.05) is 30.3 Å². The van der Waals surface area contributed by atoms with Crippen LogP contribution >= 0.6 is 0 Å². The van der Waals surface area contributed by atoms with E-state index < -0.39 is 0 Å². The Morgan fingerprint density at radius 1 is 0.952 bits per heavy atom. The lowest BCUT2D eigenvalue weighted by Crippen LogP contribution is -2.16. The lowest BCUT2D eigenvalue weighted by atomic mass is 10.1. The second-order valence-electron chi connectivity index (χ2n) is 4.98. The van der Waals surface area contributed by atoms with Crippen LogP contribution in [0.5, 0.6) is 5.75 Å². The number of hydrogen-bond donors (Lipinski definition) is 1. The predicted octanol–water partition coefficient (Wildman–Crippen LogP) is 3.52. The highest BCUT2D eigenvalue weighted by molar-refractivity contribution is 5.69. The lowest BCUT2D eigenvalue weighted by molar-refractivity contribution is 0.477. The third kappa shape index (κ3) is 2.58. The van der Waals surface area contributed by atoms with Gasteiger partial charge in [-0.2, -0.15) is 0 Å². The zero-order chi connectivity index (χ0) is 14.8. The van der Waals surface area contributed by atoms with Crippen molar-refractivity contribution in [1.82, 2.24) is 4.57 Å². The molecule has 3 rings (SSSR count). The molecule has 1 aromatic heterocycles. The maximum absolute atomic E-state index is 12.1. The molecule has 3 nitrogen and oxygen atoms in total. The molecular weight excluding hydrogens is 262 g/mol. The van der Waals surface area contributed by atoms with Crippen molar-refractivity contribution < 1.29 is 5.11 Å². The Hall–Kier alpha value is -2.81. The Labute approximate surface area is 122 Å². The topological polar surface area (TPSA) is 42.2 Å². The van der Waals surface area contributed by atoms with E-state index in [9.17, 15) is 9.90 Å². The van der Waals surface area contributed by atoms with Crippen LogP contribution in [0, 0.1) is 6.92 Å². The molecule has 0 fully saturated rings. The first kappa shape index (κ1) is 13.2. The lowest BCUT2D eigenvalue weighted by Gasteiger charge is -2.10. The number of aromatic hydroxyl groups is 1. The molecule has 0 aliphatic carbocycles. The molecular formula is C18H15NO2. The van der Waals surface area contributed by atoms with Crippen molar-refractivity contribution in [2.24, 2.45) is 0 Å². The summed E-state index contributed by atoms with van der Waals surface area (Å²) in [5, 5.41) is 9.95. The van der Waals surface area contributed by atoms with Gasteiger partial charge in [-0.15, -0.1) is 0 Å². The van der Waals surface area contributed by atoms with Gasteiger partial charge in [-0.25, -0.2) is 0 Å². The SMILES string of the molecule is Cc1cccc(-n2cc(-c3ccccc3O)ccc2=O)c1. The maximum Gasteiger partial charge on any atom is 0.255 e. The van der Waals surface area contributed by atoms with Gasteiger partial charge < -0.3 is 5.11 Å². The quantitative estimate of drug-likeness (QED) is 0.778. The predicted molar refractivity (Wildman–Crippen MR) is 83.9 cm³/mol. The Morgan fingerprint density at radius 3 is 2.52 bits per heavy atom. The number of benzene rings is 2. The first-order valence-electron chi connectivity index (χ1n) is 6.73. The molecule has 0 radical (unpaired) electrons. The molecule has 2 aromatic carbocycles. The third-order valence-electron chi connectivity index (χ3n) is 3.41. The number of pyridine rings is 1. The fourth-order valence-corrected chi connectivity index (χ4v) is 2.34. The van der Waals surface area contributed by atoms with Crippen molar-refractivity contribution in [3.05, 3.63) is 82.8 Å². The second kappa shape index (κ2) is 5.29. The van der Waals surface area contributed by atoms with Crippen molar-refractivity contribution >= 4 is 0 Å². The second-order valence-corrected chi connectivity index (χ2v) is 4.98. The van der Waals surface area contributed by atoms with Crippen molar-refractivity contribution in [1.29, 1.82) is 0 Å². The minimum Gasteiger partial charge on any atom is -0.507 e. The van der Waals surface area contributed by atoms with Gasteiger partial charge in [0.2, 0.25) is 0 Å². The molecule has 0 unspecified atom stereocenters. The average Bonchev–Trinajstić information content (AvgIpc) is 2.48. The highest BCUT2D eigenvalue weighted by Gasteiger charge is 2.06. The summed E-state index contributed by atoms with van der Waals surface area (Å²) in [5.74, 6) is 0.201. The molecule has 104 valence electrons. The van der Waals surface area contributed by atoms with Gasteiger partial charge in [-0.05, 0) is 36.8 Å². The summed E-state index contributed by atoms with van der Waals surface area (Å²) in [6.45, 7) is 1.99. The van der Waals surface area contributed by atoms with E-state index in [1.54, 1.807) is 29.0 Å². The molecule has 0 amide bonds. The number of phenols is 1. The Morgan fingerprint density at radius 2 is 1.76 bits per heavy atom. The molecule has 0 saturated carbocycles. The first-order chi connectivity index (χ1) is 10.1. The Bertz CT molecular complexity index is 850. The summed E-state index contributed by atoms with van der Waals surface area (Å²) in [4.78, 5) is 12.1. The van der Waals surface area contributed by atoms with E-state index in [2.05, 4.69) is 0 Å². The molecule has 0 aliphatic heterocycles. The van der Waals surface area contributed by atoms with Gasteiger partial charge in [-0.3, -0.25) is 9.36 Å². The van der Waals surface area contributed by atoms with Gasteiger partial charge in [0, 0.05) is 29.1 Å². The van der Waals surface area contributed by atoms with E-state index in [0.717, 1.165) is 16.8 Å². The van der Waals surface area contributed by atoms with Crippen molar-refractivity contribution in [3.63, 3.8) is 0 Å². The molecule has 21 heavy (non-hydrogen) atoms. The summed E-state index contributed by atoms with van der Waals surface area (Å²) < 4.78 is 1.59. The molecule has 0 atom stereocenters. The Kier molecular flexibility index (Phi) is 3.32. The Balaban J connectivity index is 2.18. The molecule has 3 heteroatoms. The van der Waals surface area contributed by atoms with E-state index in [-0.39, 0.29) is 11.3 Å². The summed E-state index contributed by atoms with van der Waals surface area (Å²) in [5.41, 5.74) is 3.32. The zero-order valence-electron chi connectivity index (χ0n) is 11.7. The summed E-state index contributed by atoms with van der Waals surface area (Å²) in [6, 6.07) is 18.1. The van der Waals surface area contributed by atoms with Gasteiger partial charge in [0.1, 0.15) is 5.75 Å². The van der Waals surface area contributed by atoms with Crippen molar-refractivity contribution in [3.8, 4) is 22.6 Å². The first-order valence-corrected chi connectivity index (χ1v) is 6.73. The van der Waals surface area contributed by atoms with Gasteiger partial charge in [0.05, 0.1) is 0 Å². The number of para-hydroxylation sites is 1. The van der Waals surface area contributed by atoms with Crippen LogP contribution in [0.2, 0.25) is 0 Å². The van der Waals surface area contributed by atoms with E-state index >= 15 is 0 Å². The van der Waals surface area contributed by atoms with Crippen LogP contribution in [0.3, 0.4) is 0 Å². The smallest absolute Gasteiger partial charge is 0.255 e. The number of hydrogen-bond acceptors (Lipinski definition) is 2. The fourth-order valence-electron chi connectivity index (χ4n) is 2.34. The summed E-state index contributed by atoms with van der Waals surface area (Å²) in [7, 11) is 0. The minimum atomic E-state index is -0.0974. The van der Waals surface area contributed by atoms with Crippen LogP contribution in [0.25, 0.3) is 16.8 Å². The highest BCUT2D eigenvalue weighted by Crippen LogP contribution is 2.28. The standard InChI is InChI=1S/C18H15NO2/c1-13-5-4-6-15(11-13)19-12-14(9-10-18(19)21)16-7-2-3-8-17(16)20/h2-12,20H,1H3. The number of phenolic OH excluding ortho intramolecular Hbond substituents is 1. The van der Waals surface area contributed by atoms with Crippen LogP contribution < -0.4 is 5.56 Å². The van der Waals surface area contributed by atoms with Crippen LogP contribution in [0.15, 0.2) is 71.7 Å². The monoisotopic (exact) mass is 277 g/mol. The largest absolute Gasteiger partial charge is 0.507 e. The molecule has 3 aromatic rings. The minimum absolute atomic E-state index is 0.0974. The number of nitrogens with zero attached hydrogens (tertiary/aromatic N) is 1. The maximum atomic E-state index is 12.1. The molecule has 0 aliphatic rings. The molecule has 0 saturated heterocycles.